The minimum atomic E-state index is -0.0423. The van der Waals surface area contributed by atoms with Crippen molar-refractivity contribution in [3.63, 3.8) is 0 Å². The molecule has 0 N–H and O–H groups in total. The molecule has 0 radical (unpaired) electrons. The van der Waals surface area contributed by atoms with Gasteiger partial charge in [0.2, 0.25) is 5.91 Å². The van der Waals surface area contributed by atoms with Crippen LogP contribution in [0, 0.1) is 12.8 Å². The molecule has 2 aliphatic heterocycles. The number of hydrogen-bond acceptors (Lipinski definition) is 5. The zero-order valence-corrected chi connectivity index (χ0v) is 19.3. The predicted octanol–water partition coefficient (Wildman–Crippen LogP) is 2.76. The van der Waals surface area contributed by atoms with Gasteiger partial charge in [-0.25, -0.2) is 0 Å². The predicted molar refractivity (Wildman–Crippen MR) is 120 cm³/mol. The molecule has 8 nitrogen and oxygen atoms in total. The Labute approximate surface area is 189 Å². The first-order valence-electron chi connectivity index (χ1n) is 11.6. The van der Waals surface area contributed by atoms with Gasteiger partial charge in [0.15, 0.2) is 12.4 Å². The zero-order chi connectivity index (χ0) is 22.7. The molecule has 0 saturated carbocycles. The van der Waals surface area contributed by atoms with Crippen molar-refractivity contribution in [1.29, 1.82) is 0 Å². The van der Waals surface area contributed by atoms with Gasteiger partial charge in [0.05, 0.1) is 6.54 Å². The maximum Gasteiger partial charge on any atom is 0.260 e. The molecular formula is C24H33N5O3. The normalized spacial score (nSPS) is 16.9. The fraction of sp³-hybridized carbons (Fsp3) is 0.583. The summed E-state index contributed by atoms with van der Waals surface area (Å²) in [6.07, 6.45) is 2.44. The Hall–Kier alpha value is -2.90. The van der Waals surface area contributed by atoms with E-state index in [2.05, 4.69) is 28.6 Å². The summed E-state index contributed by atoms with van der Waals surface area (Å²) < 4.78 is 7.85. The second-order valence-corrected chi connectivity index (χ2v) is 9.30. The first-order valence-corrected chi connectivity index (χ1v) is 11.6. The zero-order valence-electron chi connectivity index (χ0n) is 19.3. The maximum atomic E-state index is 12.7. The van der Waals surface area contributed by atoms with Crippen LogP contribution >= 0.6 is 0 Å². The highest BCUT2D eigenvalue weighted by atomic mass is 16.5. The van der Waals surface area contributed by atoms with Crippen LogP contribution in [-0.2, 0) is 22.7 Å². The van der Waals surface area contributed by atoms with E-state index in [9.17, 15) is 9.59 Å². The second kappa shape index (κ2) is 9.71. The summed E-state index contributed by atoms with van der Waals surface area (Å²) in [4.78, 5) is 28.8. The third-order valence-corrected chi connectivity index (χ3v) is 6.28. The van der Waals surface area contributed by atoms with Gasteiger partial charge in [-0.3, -0.25) is 9.59 Å². The maximum absolute atomic E-state index is 12.7. The minimum absolute atomic E-state index is 0.0211. The van der Waals surface area contributed by atoms with Gasteiger partial charge in [0.1, 0.15) is 11.6 Å². The number of aryl methyl sites for hydroxylation is 1. The SMILES string of the molecule is Cc1cccc(OCC(=O)N2CCn3c(nnc3C3CCN(C(=O)CC(C)C)CC3)C2)c1. The number of aromatic nitrogens is 3. The Morgan fingerprint density at radius 3 is 2.56 bits per heavy atom. The van der Waals surface area contributed by atoms with Crippen LogP contribution < -0.4 is 4.74 Å². The third-order valence-electron chi connectivity index (χ3n) is 6.28. The Balaban J connectivity index is 1.31. The highest BCUT2D eigenvalue weighted by molar-refractivity contribution is 5.78. The van der Waals surface area contributed by atoms with Crippen molar-refractivity contribution < 1.29 is 14.3 Å². The largest absolute Gasteiger partial charge is 0.484 e. The summed E-state index contributed by atoms with van der Waals surface area (Å²) in [5.74, 6) is 3.44. The van der Waals surface area contributed by atoms with Crippen molar-refractivity contribution in [2.24, 2.45) is 5.92 Å². The summed E-state index contributed by atoms with van der Waals surface area (Å²) in [7, 11) is 0. The monoisotopic (exact) mass is 439 g/mol. The topological polar surface area (TPSA) is 80.6 Å². The van der Waals surface area contributed by atoms with Crippen LogP contribution in [-0.4, -0.2) is 62.6 Å². The van der Waals surface area contributed by atoms with Gasteiger partial charge in [0.25, 0.3) is 5.91 Å². The average molecular weight is 440 g/mol. The number of amides is 2. The quantitative estimate of drug-likeness (QED) is 0.691. The van der Waals surface area contributed by atoms with E-state index in [1.54, 1.807) is 4.90 Å². The molecule has 32 heavy (non-hydrogen) atoms. The van der Waals surface area contributed by atoms with E-state index in [0.29, 0.717) is 43.6 Å². The first-order chi connectivity index (χ1) is 15.4. The van der Waals surface area contributed by atoms with Crippen LogP contribution in [0.2, 0.25) is 0 Å². The third kappa shape index (κ3) is 5.11. The summed E-state index contributed by atoms with van der Waals surface area (Å²) in [6, 6.07) is 7.71. The van der Waals surface area contributed by atoms with Gasteiger partial charge in [-0.15, -0.1) is 10.2 Å². The first kappa shape index (κ1) is 22.3. The minimum Gasteiger partial charge on any atom is -0.484 e. The molecule has 0 bridgehead atoms. The van der Waals surface area contributed by atoms with E-state index < -0.39 is 0 Å². The van der Waals surface area contributed by atoms with Crippen molar-refractivity contribution in [3.05, 3.63) is 41.5 Å². The van der Waals surface area contributed by atoms with Crippen molar-refractivity contribution in [1.82, 2.24) is 24.6 Å². The fourth-order valence-electron chi connectivity index (χ4n) is 4.50. The molecule has 2 aromatic rings. The van der Waals surface area contributed by atoms with Gasteiger partial charge in [-0.2, -0.15) is 0 Å². The Kier molecular flexibility index (Phi) is 6.77. The molecule has 4 rings (SSSR count). The molecular weight excluding hydrogens is 406 g/mol. The summed E-state index contributed by atoms with van der Waals surface area (Å²) in [6.45, 7) is 9.50. The lowest BCUT2D eigenvalue weighted by Crippen LogP contribution is -2.42. The van der Waals surface area contributed by atoms with E-state index in [-0.39, 0.29) is 18.4 Å². The molecule has 1 aromatic heterocycles. The lowest BCUT2D eigenvalue weighted by atomic mass is 9.95. The number of carbonyl (C=O) groups excluding carboxylic acids is 2. The van der Waals surface area contributed by atoms with Crippen LogP contribution in [0.3, 0.4) is 0 Å². The number of hydrogen-bond donors (Lipinski definition) is 0. The van der Waals surface area contributed by atoms with E-state index >= 15 is 0 Å². The Morgan fingerprint density at radius 1 is 1.06 bits per heavy atom. The molecule has 3 heterocycles. The number of piperidine rings is 1. The van der Waals surface area contributed by atoms with Crippen LogP contribution in [0.15, 0.2) is 24.3 Å². The molecule has 0 aliphatic carbocycles. The molecule has 2 aliphatic rings. The number of rotatable bonds is 6. The van der Waals surface area contributed by atoms with E-state index in [1.807, 2.05) is 36.1 Å². The van der Waals surface area contributed by atoms with E-state index in [1.165, 1.54) is 0 Å². The number of ether oxygens (including phenoxy) is 1. The highest BCUT2D eigenvalue weighted by Gasteiger charge is 2.31. The van der Waals surface area contributed by atoms with E-state index in [4.69, 9.17) is 4.74 Å². The van der Waals surface area contributed by atoms with Crippen molar-refractivity contribution in [3.8, 4) is 5.75 Å². The molecule has 2 amide bonds. The van der Waals surface area contributed by atoms with Crippen LogP contribution in [0.4, 0.5) is 0 Å². The lowest BCUT2D eigenvalue weighted by Gasteiger charge is -2.33. The van der Waals surface area contributed by atoms with E-state index in [0.717, 1.165) is 43.1 Å². The van der Waals surface area contributed by atoms with Gasteiger partial charge < -0.3 is 19.1 Å². The number of likely N-dealkylation sites (tertiary alicyclic amines) is 1. The molecule has 0 atom stereocenters. The van der Waals surface area contributed by atoms with Gasteiger partial charge in [-0.05, 0) is 43.4 Å². The van der Waals surface area contributed by atoms with Crippen LogP contribution in [0.25, 0.3) is 0 Å². The van der Waals surface area contributed by atoms with Crippen molar-refractivity contribution in [2.45, 2.75) is 59.0 Å². The summed E-state index contributed by atoms with van der Waals surface area (Å²) >= 11 is 0. The molecule has 0 spiro atoms. The van der Waals surface area contributed by atoms with Gasteiger partial charge in [-0.1, -0.05) is 26.0 Å². The number of fused-ring (bicyclic) bond motifs is 1. The average Bonchev–Trinajstić information content (AvgIpc) is 3.20. The second-order valence-electron chi connectivity index (χ2n) is 9.30. The lowest BCUT2D eigenvalue weighted by molar-refractivity contribution is -0.135. The summed E-state index contributed by atoms with van der Waals surface area (Å²) in [5, 5.41) is 8.86. The van der Waals surface area contributed by atoms with Crippen LogP contribution in [0.1, 0.15) is 56.2 Å². The molecule has 1 fully saturated rings. The van der Waals surface area contributed by atoms with Crippen molar-refractivity contribution in [2.75, 3.05) is 26.2 Å². The van der Waals surface area contributed by atoms with Gasteiger partial charge in [0, 0.05) is 38.5 Å². The number of carbonyl (C=O) groups is 2. The molecule has 1 saturated heterocycles. The smallest absolute Gasteiger partial charge is 0.260 e. The Bertz CT molecular complexity index is 962. The standard InChI is InChI=1S/C24H33N5O3/c1-17(2)13-22(30)27-9-7-19(8-10-27)24-26-25-21-15-28(11-12-29(21)24)23(31)16-32-20-6-4-5-18(3)14-20/h4-6,14,17,19H,7-13,15-16H2,1-3H3. The molecule has 8 heteroatoms. The summed E-state index contributed by atoms with van der Waals surface area (Å²) in [5.41, 5.74) is 1.10. The van der Waals surface area contributed by atoms with Crippen molar-refractivity contribution >= 4 is 11.8 Å². The molecule has 1 aromatic carbocycles. The molecule has 0 unspecified atom stereocenters. The highest BCUT2D eigenvalue weighted by Crippen LogP contribution is 2.29. The number of nitrogens with zero attached hydrogens (tertiary/aromatic N) is 5. The fourth-order valence-corrected chi connectivity index (χ4v) is 4.50. The molecule has 172 valence electrons. The number of benzene rings is 1. The van der Waals surface area contributed by atoms with Gasteiger partial charge >= 0.3 is 0 Å². The van der Waals surface area contributed by atoms with Crippen LogP contribution in [0.5, 0.6) is 5.75 Å². The Morgan fingerprint density at radius 2 is 1.84 bits per heavy atom.